The smallest absolute Gasteiger partial charge is 0.158 e. The van der Waals surface area contributed by atoms with Crippen LogP contribution in [0, 0.1) is 0 Å². The Kier molecular flexibility index (Phi) is 5.93. The summed E-state index contributed by atoms with van der Waals surface area (Å²) in [6, 6.07) is 8.97. The second-order valence-corrected chi connectivity index (χ2v) is 8.07. The van der Waals surface area contributed by atoms with Crippen LogP contribution in [0.5, 0.6) is 0 Å². The zero-order valence-electron chi connectivity index (χ0n) is 15.3. The lowest BCUT2D eigenvalue weighted by atomic mass is 9.86. The third-order valence-corrected chi connectivity index (χ3v) is 5.02. The molecular weight excluding hydrogens is 302 g/mol. The Labute approximate surface area is 146 Å². The van der Waals surface area contributed by atoms with E-state index < -0.39 is 0 Å². The number of quaternary nitrogens is 1. The summed E-state index contributed by atoms with van der Waals surface area (Å²) >= 11 is 0. The maximum Gasteiger partial charge on any atom is 0.158 e. The van der Waals surface area contributed by atoms with Gasteiger partial charge in [0.2, 0.25) is 0 Å². The topological polar surface area (TPSA) is 32.1 Å². The number of hydrogen-bond acceptors (Lipinski definition) is 3. The second kappa shape index (κ2) is 7.96. The second-order valence-electron chi connectivity index (χ2n) is 8.07. The summed E-state index contributed by atoms with van der Waals surface area (Å²) < 4.78 is 17.3. The van der Waals surface area contributed by atoms with E-state index in [1.807, 2.05) is 0 Å². The molecule has 3 rings (SSSR count). The quantitative estimate of drug-likeness (QED) is 0.887. The predicted octanol–water partition coefficient (Wildman–Crippen LogP) is 1.57. The van der Waals surface area contributed by atoms with Crippen molar-refractivity contribution in [2.75, 3.05) is 39.5 Å². The van der Waals surface area contributed by atoms with E-state index >= 15 is 0 Å². The number of benzene rings is 1. The fraction of sp³-hybridized carbons (Fsp3) is 0.700. The lowest BCUT2D eigenvalue weighted by Gasteiger charge is -2.25. The number of morpholine rings is 1. The molecule has 4 nitrogen and oxygen atoms in total. The number of rotatable bonds is 5. The summed E-state index contributed by atoms with van der Waals surface area (Å²) in [5.41, 5.74) is 2.95. The molecule has 0 saturated carbocycles. The molecule has 0 amide bonds. The Hall–Kier alpha value is -0.940. The molecule has 2 aliphatic rings. The number of hydrogen-bond donors (Lipinski definition) is 1. The van der Waals surface area contributed by atoms with Crippen molar-refractivity contribution in [3.8, 4) is 0 Å². The summed E-state index contributed by atoms with van der Waals surface area (Å²) in [7, 11) is 0. The standard InChI is InChI=1S/C20H31NO3/c1-20(2,3)17-7-4-16(5-8-17)6-9-19-23-15-18(24-19)14-21-10-12-22-13-11-21/h4-5,7-8,18-19H,6,9-15H2,1-3H3/p+1/t18-,19-/m1/s1. The van der Waals surface area contributed by atoms with Crippen LogP contribution in [0.3, 0.4) is 0 Å². The molecule has 24 heavy (non-hydrogen) atoms. The highest BCUT2D eigenvalue weighted by Crippen LogP contribution is 2.23. The Bertz CT molecular complexity index is 503. The van der Waals surface area contributed by atoms with Gasteiger partial charge in [-0.3, -0.25) is 0 Å². The molecule has 1 N–H and O–H groups in total. The van der Waals surface area contributed by atoms with E-state index in [1.54, 1.807) is 4.90 Å². The molecule has 2 fully saturated rings. The highest BCUT2D eigenvalue weighted by molar-refractivity contribution is 5.27. The normalized spacial score (nSPS) is 26.0. The van der Waals surface area contributed by atoms with Crippen molar-refractivity contribution >= 4 is 0 Å². The number of aryl methyl sites for hydroxylation is 1. The van der Waals surface area contributed by atoms with E-state index in [0.29, 0.717) is 0 Å². The van der Waals surface area contributed by atoms with Crippen molar-refractivity contribution < 1.29 is 19.1 Å². The highest BCUT2D eigenvalue weighted by atomic mass is 16.7. The molecule has 0 radical (unpaired) electrons. The van der Waals surface area contributed by atoms with Gasteiger partial charge in [-0.25, -0.2) is 0 Å². The first-order chi connectivity index (χ1) is 11.5. The molecule has 4 heteroatoms. The Morgan fingerprint density at radius 2 is 1.79 bits per heavy atom. The minimum atomic E-state index is -0.0438. The van der Waals surface area contributed by atoms with Crippen LogP contribution in [0.25, 0.3) is 0 Å². The van der Waals surface area contributed by atoms with Crippen LogP contribution in [-0.2, 0) is 26.0 Å². The first kappa shape index (κ1) is 17.9. The van der Waals surface area contributed by atoms with Crippen molar-refractivity contribution in [1.29, 1.82) is 0 Å². The first-order valence-electron chi connectivity index (χ1n) is 9.28. The van der Waals surface area contributed by atoms with E-state index in [2.05, 4.69) is 45.0 Å². The molecule has 0 spiro atoms. The van der Waals surface area contributed by atoms with E-state index in [-0.39, 0.29) is 17.8 Å². The summed E-state index contributed by atoms with van der Waals surface area (Å²) in [5.74, 6) is 0. The van der Waals surface area contributed by atoms with Gasteiger partial charge in [0, 0.05) is 6.42 Å². The van der Waals surface area contributed by atoms with Crippen LogP contribution in [0.1, 0.15) is 38.3 Å². The molecule has 2 saturated heterocycles. The van der Waals surface area contributed by atoms with Gasteiger partial charge in [0.25, 0.3) is 0 Å². The fourth-order valence-electron chi connectivity index (χ4n) is 3.41. The van der Waals surface area contributed by atoms with E-state index in [9.17, 15) is 0 Å². The van der Waals surface area contributed by atoms with Crippen LogP contribution in [0.2, 0.25) is 0 Å². The molecule has 1 aromatic rings. The van der Waals surface area contributed by atoms with Gasteiger partial charge in [0.15, 0.2) is 6.29 Å². The summed E-state index contributed by atoms with van der Waals surface area (Å²) in [6.07, 6.45) is 2.14. The molecule has 0 bridgehead atoms. The van der Waals surface area contributed by atoms with E-state index in [1.165, 1.54) is 11.1 Å². The van der Waals surface area contributed by atoms with Crippen molar-refractivity contribution in [3.63, 3.8) is 0 Å². The average molecular weight is 334 g/mol. The van der Waals surface area contributed by atoms with E-state index in [0.717, 1.165) is 52.3 Å². The molecule has 0 aliphatic carbocycles. The van der Waals surface area contributed by atoms with Gasteiger partial charge in [-0.1, -0.05) is 45.0 Å². The molecular formula is C20H32NO3+. The van der Waals surface area contributed by atoms with Crippen molar-refractivity contribution in [2.45, 2.75) is 51.4 Å². The Balaban J connectivity index is 1.41. The van der Waals surface area contributed by atoms with Gasteiger partial charge in [0.1, 0.15) is 25.7 Å². The lowest BCUT2D eigenvalue weighted by molar-refractivity contribution is -0.910. The van der Waals surface area contributed by atoms with Gasteiger partial charge in [-0.2, -0.15) is 0 Å². The number of nitrogens with one attached hydrogen (secondary N) is 1. The van der Waals surface area contributed by atoms with Crippen LogP contribution < -0.4 is 4.90 Å². The van der Waals surface area contributed by atoms with Crippen LogP contribution >= 0.6 is 0 Å². The molecule has 0 unspecified atom stereocenters. The van der Waals surface area contributed by atoms with Gasteiger partial charge >= 0.3 is 0 Å². The molecule has 2 atom stereocenters. The van der Waals surface area contributed by atoms with Crippen LogP contribution in [0.4, 0.5) is 0 Å². The molecule has 1 aromatic carbocycles. The third-order valence-electron chi connectivity index (χ3n) is 5.02. The van der Waals surface area contributed by atoms with Gasteiger partial charge < -0.3 is 19.1 Å². The van der Waals surface area contributed by atoms with Gasteiger partial charge in [-0.05, 0) is 23.0 Å². The summed E-state index contributed by atoms with van der Waals surface area (Å²) in [4.78, 5) is 1.58. The summed E-state index contributed by atoms with van der Waals surface area (Å²) in [5, 5.41) is 0. The fourth-order valence-corrected chi connectivity index (χ4v) is 3.41. The Morgan fingerprint density at radius 1 is 1.08 bits per heavy atom. The Morgan fingerprint density at radius 3 is 2.46 bits per heavy atom. The van der Waals surface area contributed by atoms with Crippen LogP contribution in [-0.4, -0.2) is 51.8 Å². The highest BCUT2D eigenvalue weighted by Gasteiger charge is 2.29. The van der Waals surface area contributed by atoms with Crippen LogP contribution in [0.15, 0.2) is 24.3 Å². The SMILES string of the molecule is CC(C)(C)c1ccc(CC[C@@H]2OC[C@@H](C[NH+]3CCOCC3)O2)cc1. The first-order valence-corrected chi connectivity index (χ1v) is 9.28. The molecule has 134 valence electrons. The molecule has 2 aliphatic heterocycles. The minimum absolute atomic E-state index is 0.0438. The lowest BCUT2D eigenvalue weighted by Crippen LogP contribution is -3.15. The minimum Gasteiger partial charge on any atom is -0.370 e. The average Bonchev–Trinajstić information content (AvgIpc) is 3.01. The van der Waals surface area contributed by atoms with Gasteiger partial charge in [-0.15, -0.1) is 0 Å². The summed E-state index contributed by atoms with van der Waals surface area (Å²) in [6.45, 7) is 12.4. The predicted molar refractivity (Wildman–Crippen MR) is 94.5 cm³/mol. The zero-order chi connectivity index (χ0) is 17.0. The zero-order valence-corrected chi connectivity index (χ0v) is 15.3. The monoisotopic (exact) mass is 334 g/mol. The molecule has 0 aromatic heterocycles. The van der Waals surface area contributed by atoms with Crippen molar-refractivity contribution in [1.82, 2.24) is 0 Å². The van der Waals surface area contributed by atoms with Crippen molar-refractivity contribution in [3.05, 3.63) is 35.4 Å². The largest absolute Gasteiger partial charge is 0.370 e. The maximum absolute atomic E-state index is 6.08. The van der Waals surface area contributed by atoms with E-state index in [4.69, 9.17) is 14.2 Å². The maximum atomic E-state index is 6.08. The third kappa shape index (κ3) is 5.03. The molecule has 2 heterocycles. The van der Waals surface area contributed by atoms with Gasteiger partial charge in [0.05, 0.1) is 19.8 Å². The van der Waals surface area contributed by atoms with Crippen molar-refractivity contribution in [2.24, 2.45) is 0 Å². The number of ether oxygens (including phenoxy) is 3.